The average molecular weight is 377 g/mol. The zero-order valence-corrected chi connectivity index (χ0v) is 16.9. The van der Waals surface area contributed by atoms with Crippen molar-refractivity contribution in [2.75, 3.05) is 14.2 Å². The summed E-state index contributed by atoms with van der Waals surface area (Å²) in [6, 6.07) is 19.9. The molecule has 3 rings (SSSR count). The number of rotatable bonds is 7. The SMILES string of the molecule is CC[C@@H](NC(=O)[C@@H](C)c1ccc2cc(OC)ccc2c1)c1ccc(OC)cc1. The fraction of sp³-hybridized carbons (Fsp3) is 0.292. The lowest BCUT2D eigenvalue weighted by molar-refractivity contribution is -0.123. The topological polar surface area (TPSA) is 47.6 Å². The fourth-order valence-electron chi connectivity index (χ4n) is 3.34. The van der Waals surface area contributed by atoms with Crippen molar-refractivity contribution in [3.8, 4) is 11.5 Å². The summed E-state index contributed by atoms with van der Waals surface area (Å²) in [6.07, 6.45) is 0.822. The predicted molar refractivity (Wildman–Crippen MR) is 113 cm³/mol. The van der Waals surface area contributed by atoms with Gasteiger partial charge in [0.25, 0.3) is 0 Å². The third-order valence-electron chi connectivity index (χ3n) is 5.21. The maximum atomic E-state index is 12.9. The van der Waals surface area contributed by atoms with Crippen LogP contribution in [0.4, 0.5) is 0 Å². The van der Waals surface area contributed by atoms with E-state index >= 15 is 0 Å². The second-order valence-corrected chi connectivity index (χ2v) is 6.94. The van der Waals surface area contributed by atoms with Crippen LogP contribution in [0.2, 0.25) is 0 Å². The van der Waals surface area contributed by atoms with Crippen LogP contribution in [-0.2, 0) is 4.79 Å². The molecular weight excluding hydrogens is 350 g/mol. The van der Waals surface area contributed by atoms with E-state index in [1.54, 1.807) is 14.2 Å². The first-order valence-electron chi connectivity index (χ1n) is 9.57. The quantitative estimate of drug-likeness (QED) is 0.613. The molecule has 0 aliphatic carbocycles. The van der Waals surface area contributed by atoms with Crippen molar-refractivity contribution in [3.05, 3.63) is 71.8 Å². The van der Waals surface area contributed by atoms with Crippen molar-refractivity contribution in [1.82, 2.24) is 5.32 Å². The molecule has 4 heteroatoms. The molecule has 0 fully saturated rings. The molecule has 0 aliphatic heterocycles. The Morgan fingerprint density at radius 1 is 0.857 bits per heavy atom. The van der Waals surface area contributed by atoms with Crippen LogP contribution >= 0.6 is 0 Å². The van der Waals surface area contributed by atoms with E-state index in [0.717, 1.165) is 39.8 Å². The summed E-state index contributed by atoms with van der Waals surface area (Å²) in [7, 11) is 3.31. The Morgan fingerprint density at radius 3 is 2.07 bits per heavy atom. The monoisotopic (exact) mass is 377 g/mol. The molecule has 1 amide bonds. The Bertz CT molecular complexity index is 950. The van der Waals surface area contributed by atoms with Gasteiger partial charge in [0, 0.05) is 0 Å². The van der Waals surface area contributed by atoms with E-state index in [9.17, 15) is 4.79 Å². The molecule has 3 aromatic carbocycles. The van der Waals surface area contributed by atoms with E-state index in [4.69, 9.17) is 9.47 Å². The van der Waals surface area contributed by atoms with Crippen molar-refractivity contribution in [3.63, 3.8) is 0 Å². The molecule has 0 unspecified atom stereocenters. The number of amides is 1. The Morgan fingerprint density at radius 2 is 1.43 bits per heavy atom. The van der Waals surface area contributed by atoms with Crippen molar-refractivity contribution in [2.24, 2.45) is 0 Å². The average Bonchev–Trinajstić information content (AvgIpc) is 2.76. The van der Waals surface area contributed by atoms with E-state index in [1.807, 2.05) is 61.5 Å². The molecule has 1 N–H and O–H groups in total. The number of hydrogen-bond donors (Lipinski definition) is 1. The van der Waals surface area contributed by atoms with E-state index in [0.29, 0.717) is 0 Å². The van der Waals surface area contributed by atoms with Crippen LogP contribution in [0.5, 0.6) is 11.5 Å². The molecule has 0 spiro atoms. The Labute approximate surface area is 166 Å². The maximum absolute atomic E-state index is 12.9. The second-order valence-electron chi connectivity index (χ2n) is 6.94. The van der Waals surface area contributed by atoms with Gasteiger partial charge in [-0.15, -0.1) is 0 Å². The van der Waals surface area contributed by atoms with Crippen LogP contribution in [-0.4, -0.2) is 20.1 Å². The van der Waals surface area contributed by atoms with Gasteiger partial charge < -0.3 is 14.8 Å². The number of nitrogens with one attached hydrogen (secondary N) is 1. The standard InChI is InChI=1S/C24H27NO3/c1-5-23(17-8-11-21(27-3)12-9-17)25-24(26)16(2)18-6-7-20-15-22(28-4)13-10-19(20)14-18/h6-16,23H,5H2,1-4H3,(H,25,26)/t16-,23+/m0/s1. The van der Waals surface area contributed by atoms with Gasteiger partial charge in [0.15, 0.2) is 0 Å². The summed E-state index contributed by atoms with van der Waals surface area (Å²) in [5, 5.41) is 5.38. The summed E-state index contributed by atoms with van der Waals surface area (Å²) >= 11 is 0. The molecule has 4 nitrogen and oxygen atoms in total. The molecule has 0 radical (unpaired) electrons. The first kappa shape index (κ1) is 19.7. The van der Waals surface area contributed by atoms with E-state index in [-0.39, 0.29) is 17.9 Å². The molecule has 0 saturated carbocycles. The lowest BCUT2D eigenvalue weighted by atomic mass is 9.96. The van der Waals surface area contributed by atoms with Crippen molar-refractivity contribution in [2.45, 2.75) is 32.2 Å². The number of fused-ring (bicyclic) bond motifs is 1. The van der Waals surface area contributed by atoms with E-state index in [1.165, 1.54) is 0 Å². The molecule has 0 aromatic heterocycles. The van der Waals surface area contributed by atoms with Crippen molar-refractivity contribution in [1.29, 1.82) is 0 Å². The van der Waals surface area contributed by atoms with Gasteiger partial charge in [0.05, 0.1) is 26.2 Å². The lowest BCUT2D eigenvalue weighted by Crippen LogP contribution is -2.31. The largest absolute Gasteiger partial charge is 0.497 e. The van der Waals surface area contributed by atoms with Crippen LogP contribution in [0.1, 0.15) is 43.4 Å². The highest BCUT2D eigenvalue weighted by Gasteiger charge is 2.20. The first-order valence-corrected chi connectivity index (χ1v) is 9.57. The summed E-state index contributed by atoms with van der Waals surface area (Å²) in [5.41, 5.74) is 2.08. The lowest BCUT2D eigenvalue weighted by Gasteiger charge is -2.21. The highest BCUT2D eigenvalue weighted by molar-refractivity contribution is 5.88. The van der Waals surface area contributed by atoms with Crippen LogP contribution in [0.15, 0.2) is 60.7 Å². The van der Waals surface area contributed by atoms with Gasteiger partial charge >= 0.3 is 0 Å². The third kappa shape index (κ3) is 4.28. The van der Waals surface area contributed by atoms with Gasteiger partial charge in [-0.1, -0.05) is 43.3 Å². The van der Waals surface area contributed by atoms with Crippen LogP contribution in [0, 0.1) is 0 Å². The second kappa shape index (κ2) is 8.79. The normalized spacial score (nSPS) is 13.0. The van der Waals surface area contributed by atoms with Crippen LogP contribution in [0.25, 0.3) is 10.8 Å². The van der Waals surface area contributed by atoms with Crippen molar-refractivity contribution < 1.29 is 14.3 Å². The van der Waals surface area contributed by atoms with Crippen molar-refractivity contribution >= 4 is 16.7 Å². The zero-order valence-electron chi connectivity index (χ0n) is 16.9. The molecule has 0 bridgehead atoms. The molecule has 3 aromatic rings. The summed E-state index contributed by atoms with van der Waals surface area (Å²) in [5.74, 6) is 1.43. The molecule has 28 heavy (non-hydrogen) atoms. The minimum atomic E-state index is -0.237. The smallest absolute Gasteiger partial charge is 0.227 e. The maximum Gasteiger partial charge on any atom is 0.227 e. The summed E-state index contributed by atoms with van der Waals surface area (Å²) in [4.78, 5) is 12.9. The Hall–Kier alpha value is -3.01. The molecule has 2 atom stereocenters. The fourth-order valence-corrected chi connectivity index (χ4v) is 3.34. The van der Waals surface area contributed by atoms with Gasteiger partial charge in [-0.3, -0.25) is 4.79 Å². The minimum absolute atomic E-state index is 0.0226. The van der Waals surface area contributed by atoms with E-state index in [2.05, 4.69) is 18.3 Å². The first-order chi connectivity index (χ1) is 13.5. The summed E-state index contributed by atoms with van der Waals surface area (Å²) < 4.78 is 10.5. The van der Waals surface area contributed by atoms with Gasteiger partial charge in [-0.2, -0.15) is 0 Å². The number of carbonyl (C=O) groups excluding carboxylic acids is 1. The van der Waals surface area contributed by atoms with E-state index < -0.39 is 0 Å². The Kier molecular flexibility index (Phi) is 6.19. The molecule has 0 heterocycles. The number of methoxy groups -OCH3 is 2. The van der Waals surface area contributed by atoms with Gasteiger partial charge in [-0.05, 0) is 59.5 Å². The third-order valence-corrected chi connectivity index (χ3v) is 5.21. The zero-order chi connectivity index (χ0) is 20.1. The molecule has 0 saturated heterocycles. The van der Waals surface area contributed by atoms with Crippen LogP contribution < -0.4 is 14.8 Å². The highest BCUT2D eigenvalue weighted by atomic mass is 16.5. The minimum Gasteiger partial charge on any atom is -0.497 e. The number of benzene rings is 3. The highest BCUT2D eigenvalue weighted by Crippen LogP contribution is 2.26. The molecular formula is C24H27NO3. The predicted octanol–water partition coefficient (Wildman–Crippen LogP) is 5.23. The Balaban J connectivity index is 1.76. The number of carbonyl (C=O) groups is 1. The summed E-state index contributed by atoms with van der Waals surface area (Å²) in [6.45, 7) is 4.02. The number of ether oxygens (including phenoxy) is 2. The molecule has 146 valence electrons. The molecule has 0 aliphatic rings. The van der Waals surface area contributed by atoms with Crippen LogP contribution in [0.3, 0.4) is 0 Å². The van der Waals surface area contributed by atoms with Gasteiger partial charge in [0.2, 0.25) is 5.91 Å². The van der Waals surface area contributed by atoms with Gasteiger partial charge in [-0.25, -0.2) is 0 Å². The van der Waals surface area contributed by atoms with Gasteiger partial charge in [0.1, 0.15) is 11.5 Å². The number of hydrogen-bond acceptors (Lipinski definition) is 3.